The van der Waals surface area contributed by atoms with Crippen LogP contribution in [-0.2, 0) is 16.0 Å². The van der Waals surface area contributed by atoms with Gasteiger partial charge in [-0.2, -0.15) is 13.2 Å². The molecule has 0 N–H and O–H groups in total. The van der Waals surface area contributed by atoms with Gasteiger partial charge in [-0.15, -0.1) is 0 Å². The number of amides is 1. The molecule has 0 aromatic heterocycles. The molecule has 1 aromatic carbocycles. The smallest absolute Gasteiger partial charge is 0.381 e. The first kappa shape index (κ1) is 21.5. The molecule has 0 radical (unpaired) electrons. The van der Waals surface area contributed by atoms with E-state index < -0.39 is 12.1 Å². The molecular weight excluding hydrogens is 331 g/mol. The Kier molecular flexibility index (Phi) is 9.57. The lowest BCUT2D eigenvalue weighted by Gasteiger charge is -2.19. The maximum absolute atomic E-state index is 12.4. The first-order valence-electron chi connectivity index (χ1n) is 8.87. The van der Waals surface area contributed by atoms with Gasteiger partial charge in [0.1, 0.15) is 0 Å². The van der Waals surface area contributed by atoms with Crippen LogP contribution in [0.15, 0.2) is 24.3 Å². The van der Waals surface area contributed by atoms with E-state index in [1.807, 2.05) is 0 Å². The molecule has 0 aliphatic rings. The van der Waals surface area contributed by atoms with Gasteiger partial charge < -0.3 is 9.64 Å². The van der Waals surface area contributed by atoms with Gasteiger partial charge in [-0.1, -0.05) is 38.3 Å². The van der Waals surface area contributed by atoms with E-state index in [1.165, 1.54) is 19.3 Å². The van der Waals surface area contributed by atoms with Crippen molar-refractivity contribution in [2.75, 3.05) is 25.2 Å². The third kappa shape index (κ3) is 8.38. The number of anilines is 1. The molecule has 0 atom stereocenters. The van der Waals surface area contributed by atoms with Crippen LogP contribution < -0.4 is 4.90 Å². The fourth-order valence-electron chi connectivity index (χ4n) is 2.46. The van der Waals surface area contributed by atoms with Crippen molar-refractivity contribution in [2.24, 2.45) is 0 Å². The van der Waals surface area contributed by atoms with Gasteiger partial charge in [0.05, 0.1) is 0 Å². The van der Waals surface area contributed by atoms with Crippen molar-refractivity contribution in [3.8, 4) is 0 Å². The van der Waals surface area contributed by atoms with Gasteiger partial charge in [-0.3, -0.25) is 4.79 Å². The Morgan fingerprint density at radius 3 is 2.16 bits per heavy atom. The van der Waals surface area contributed by atoms with Crippen molar-refractivity contribution in [1.29, 1.82) is 0 Å². The molecule has 0 bridgehead atoms. The van der Waals surface area contributed by atoms with Crippen LogP contribution in [-0.4, -0.2) is 32.3 Å². The number of halogens is 3. The molecule has 0 saturated heterocycles. The highest BCUT2D eigenvalue weighted by atomic mass is 19.4. The summed E-state index contributed by atoms with van der Waals surface area (Å²) in [5, 5.41) is 0. The van der Waals surface area contributed by atoms with E-state index in [4.69, 9.17) is 4.74 Å². The summed E-state index contributed by atoms with van der Waals surface area (Å²) in [5.74, 6) is -1.86. The normalized spacial score (nSPS) is 11.6. The summed E-state index contributed by atoms with van der Waals surface area (Å²) in [6.45, 7) is 3.74. The number of hydrogen-bond donors (Lipinski definition) is 0. The van der Waals surface area contributed by atoms with E-state index in [9.17, 15) is 18.0 Å². The van der Waals surface area contributed by atoms with E-state index in [1.54, 1.807) is 24.3 Å². The number of carbonyl (C=O) groups is 1. The van der Waals surface area contributed by atoms with Crippen LogP contribution in [0, 0.1) is 0 Å². The first-order chi connectivity index (χ1) is 11.9. The summed E-state index contributed by atoms with van der Waals surface area (Å²) in [6, 6.07) is 6.62. The number of carbonyl (C=O) groups excluding carboxylic acids is 1. The molecule has 0 fully saturated rings. The van der Waals surface area contributed by atoms with Crippen molar-refractivity contribution in [3.05, 3.63) is 29.8 Å². The Morgan fingerprint density at radius 2 is 1.60 bits per heavy atom. The first-order valence-corrected chi connectivity index (χ1v) is 8.87. The molecule has 1 rings (SSSR count). The largest absolute Gasteiger partial charge is 0.471 e. The maximum atomic E-state index is 12.4. The minimum atomic E-state index is -4.86. The molecule has 6 heteroatoms. The predicted molar refractivity (Wildman–Crippen MR) is 93.8 cm³/mol. The number of unbranched alkanes of at least 4 members (excludes halogenated alkanes) is 4. The number of benzene rings is 1. The van der Waals surface area contributed by atoms with Crippen LogP contribution in [0.4, 0.5) is 18.9 Å². The number of alkyl halides is 3. The third-order valence-electron chi connectivity index (χ3n) is 4.02. The molecule has 0 unspecified atom stereocenters. The number of nitrogens with zero attached hydrogens (tertiary/aromatic N) is 1. The molecule has 0 aliphatic heterocycles. The average Bonchev–Trinajstić information content (AvgIpc) is 2.59. The molecule has 25 heavy (non-hydrogen) atoms. The summed E-state index contributed by atoms with van der Waals surface area (Å²) in [5.41, 5.74) is 1.28. The van der Waals surface area contributed by atoms with Gasteiger partial charge >= 0.3 is 12.1 Å². The second-order valence-electron chi connectivity index (χ2n) is 6.16. The van der Waals surface area contributed by atoms with E-state index in [0.717, 1.165) is 51.5 Å². The van der Waals surface area contributed by atoms with Crippen LogP contribution >= 0.6 is 0 Å². The van der Waals surface area contributed by atoms with E-state index in [2.05, 4.69) is 6.92 Å². The lowest BCUT2D eigenvalue weighted by molar-refractivity contribution is -0.170. The van der Waals surface area contributed by atoms with Gasteiger partial charge in [0.2, 0.25) is 0 Å². The van der Waals surface area contributed by atoms with Gasteiger partial charge in [0, 0.05) is 25.9 Å². The molecule has 1 amide bonds. The highest BCUT2D eigenvalue weighted by Gasteiger charge is 2.41. The SMILES string of the molecule is CCCCCCOCCCCc1ccc(N(C)C(=O)C(F)(F)F)cc1. The maximum Gasteiger partial charge on any atom is 0.471 e. The van der Waals surface area contributed by atoms with Crippen LogP contribution in [0.5, 0.6) is 0 Å². The summed E-state index contributed by atoms with van der Waals surface area (Å²) in [6.07, 6.45) is 2.71. The monoisotopic (exact) mass is 359 g/mol. The number of ether oxygens (including phenoxy) is 1. The van der Waals surface area contributed by atoms with Crippen LogP contribution in [0.25, 0.3) is 0 Å². The topological polar surface area (TPSA) is 29.5 Å². The van der Waals surface area contributed by atoms with Crippen LogP contribution in [0.1, 0.15) is 51.0 Å². The number of rotatable bonds is 11. The quantitative estimate of drug-likeness (QED) is 0.513. The lowest BCUT2D eigenvalue weighted by Crippen LogP contribution is -2.38. The van der Waals surface area contributed by atoms with Gasteiger partial charge in [0.15, 0.2) is 0 Å². The molecule has 0 heterocycles. The number of aryl methyl sites for hydroxylation is 1. The van der Waals surface area contributed by atoms with Crippen molar-refractivity contribution >= 4 is 11.6 Å². The average molecular weight is 359 g/mol. The van der Waals surface area contributed by atoms with Crippen LogP contribution in [0.3, 0.4) is 0 Å². The van der Waals surface area contributed by atoms with Crippen molar-refractivity contribution < 1.29 is 22.7 Å². The second-order valence-corrected chi connectivity index (χ2v) is 6.16. The van der Waals surface area contributed by atoms with Crippen molar-refractivity contribution in [3.63, 3.8) is 0 Å². The molecule has 0 aliphatic carbocycles. The second kappa shape index (κ2) is 11.1. The summed E-state index contributed by atoms with van der Waals surface area (Å²) in [7, 11) is 1.13. The minimum Gasteiger partial charge on any atom is -0.381 e. The molecule has 142 valence electrons. The Bertz CT molecular complexity index is 500. The van der Waals surface area contributed by atoms with Crippen molar-refractivity contribution in [1.82, 2.24) is 0 Å². The van der Waals surface area contributed by atoms with Crippen LogP contribution in [0.2, 0.25) is 0 Å². The molecule has 3 nitrogen and oxygen atoms in total. The number of hydrogen-bond acceptors (Lipinski definition) is 2. The zero-order valence-corrected chi connectivity index (χ0v) is 15.1. The zero-order valence-electron chi connectivity index (χ0n) is 15.1. The molecular formula is C19H28F3NO2. The summed E-state index contributed by atoms with van der Waals surface area (Å²) >= 11 is 0. The van der Waals surface area contributed by atoms with Gasteiger partial charge in [-0.05, 0) is 43.4 Å². The highest BCUT2D eigenvalue weighted by Crippen LogP contribution is 2.23. The third-order valence-corrected chi connectivity index (χ3v) is 4.02. The Labute approximate surface area is 148 Å². The highest BCUT2D eigenvalue weighted by molar-refractivity contribution is 5.96. The Balaban J connectivity index is 2.25. The fourth-order valence-corrected chi connectivity index (χ4v) is 2.46. The molecule has 0 saturated carbocycles. The Hall–Kier alpha value is -1.56. The summed E-state index contributed by atoms with van der Waals surface area (Å²) in [4.78, 5) is 11.8. The summed E-state index contributed by atoms with van der Waals surface area (Å²) < 4.78 is 42.8. The Morgan fingerprint density at radius 1 is 1.00 bits per heavy atom. The molecule has 0 spiro atoms. The van der Waals surface area contributed by atoms with Crippen molar-refractivity contribution in [2.45, 2.75) is 58.0 Å². The van der Waals surface area contributed by atoms with E-state index >= 15 is 0 Å². The minimum absolute atomic E-state index is 0.237. The predicted octanol–water partition coefficient (Wildman–Crippen LogP) is 5.13. The van der Waals surface area contributed by atoms with Gasteiger partial charge in [0.25, 0.3) is 0 Å². The lowest BCUT2D eigenvalue weighted by atomic mass is 10.1. The van der Waals surface area contributed by atoms with E-state index in [0.29, 0.717) is 4.90 Å². The standard InChI is InChI=1S/C19H28F3NO2/c1-3-4-5-7-14-25-15-8-6-9-16-10-12-17(13-11-16)23(2)18(24)19(20,21)22/h10-13H,3-9,14-15H2,1-2H3. The zero-order chi connectivity index (χ0) is 18.7. The van der Waals surface area contributed by atoms with Gasteiger partial charge in [-0.25, -0.2) is 0 Å². The van der Waals surface area contributed by atoms with E-state index in [-0.39, 0.29) is 5.69 Å². The fraction of sp³-hybridized carbons (Fsp3) is 0.632. The molecule has 1 aromatic rings.